The van der Waals surface area contributed by atoms with Gasteiger partial charge in [0, 0.05) is 63.1 Å². The predicted molar refractivity (Wildman–Crippen MR) is 160 cm³/mol. The number of hydrogen-bond acceptors (Lipinski definition) is 6. The van der Waals surface area contributed by atoms with Crippen LogP contribution in [0.5, 0.6) is 0 Å². The Balaban J connectivity index is 1.50. The van der Waals surface area contributed by atoms with Gasteiger partial charge in [0.2, 0.25) is 0 Å². The van der Waals surface area contributed by atoms with E-state index in [4.69, 9.17) is 0 Å². The molecular weight excluding hydrogens is 561 g/mol. The van der Waals surface area contributed by atoms with Crippen LogP contribution in [0, 0.1) is 0 Å². The van der Waals surface area contributed by atoms with Crippen molar-refractivity contribution >= 4 is 39.5 Å². The molecule has 4 heterocycles. The molecule has 1 fully saturated rings. The van der Waals surface area contributed by atoms with Crippen molar-refractivity contribution in [1.82, 2.24) is 29.3 Å². The van der Waals surface area contributed by atoms with E-state index in [1.807, 2.05) is 19.2 Å². The van der Waals surface area contributed by atoms with Crippen molar-refractivity contribution in [2.45, 2.75) is 6.18 Å². The Morgan fingerprint density at radius 1 is 0.907 bits per heavy atom. The number of likely N-dealkylation sites (N-methyl/N-ethyl adjacent to an activating group) is 1. The molecule has 222 valence electrons. The third kappa shape index (κ3) is 5.16. The lowest BCUT2D eigenvalue weighted by Crippen LogP contribution is -2.45. The first-order chi connectivity index (χ1) is 20.5. The first-order valence-electron chi connectivity index (χ1n) is 13.7. The van der Waals surface area contributed by atoms with Crippen LogP contribution in [-0.2, 0) is 13.2 Å². The summed E-state index contributed by atoms with van der Waals surface area (Å²) >= 11 is 0. The fraction of sp³-hybridized carbons (Fsp3) is 0.267. The Bertz CT molecular complexity index is 1910. The summed E-state index contributed by atoms with van der Waals surface area (Å²) in [6.07, 6.45) is -1.46. The van der Waals surface area contributed by atoms with Gasteiger partial charge in [-0.1, -0.05) is 6.07 Å². The monoisotopic (exact) mass is 590 g/mol. The van der Waals surface area contributed by atoms with Crippen LogP contribution in [0.25, 0.3) is 38.8 Å². The molecule has 3 aromatic heterocycles. The Morgan fingerprint density at radius 2 is 1.65 bits per heavy atom. The number of nitrogens with zero attached hydrogens (tertiary/aromatic N) is 6. The first kappa shape index (κ1) is 28.2. The average Bonchev–Trinajstić information content (AvgIpc) is 3.26. The molecule has 2 amide bonds. The van der Waals surface area contributed by atoms with Crippen LogP contribution in [0.1, 0.15) is 5.56 Å². The van der Waals surface area contributed by atoms with Gasteiger partial charge in [-0.05, 0) is 55.1 Å². The lowest BCUT2D eigenvalue weighted by Gasteiger charge is -2.35. The van der Waals surface area contributed by atoms with Crippen molar-refractivity contribution in [3.63, 3.8) is 0 Å². The van der Waals surface area contributed by atoms with Crippen LogP contribution < -0.4 is 21.2 Å². The number of carbonyl (C=O) groups is 1. The third-order valence-corrected chi connectivity index (χ3v) is 7.84. The summed E-state index contributed by atoms with van der Waals surface area (Å²) in [6, 6.07) is 12.6. The van der Waals surface area contributed by atoms with Crippen LogP contribution >= 0.6 is 0 Å². The van der Waals surface area contributed by atoms with Gasteiger partial charge in [-0.2, -0.15) is 13.2 Å². The number of piperazine rings is 1. The normalized spacial score (nSPS) is 14.4. The third-order valence-electron chi connectivity index (χ3n) is 7.84. The molecule has 1 aliphatic rings. The van der Waals surface area contributed by atoms with Crippen LogP contribution in [-0.4, -0.2) is 70.3 Å². The van der Waals surface area contributed by atoms with Crippen molar-refractivity contribution in [3.8, 4) is 16.8 Å². The summed E-state index contributed by atoms with van der Waals surface area (Å²) in [5.74, 6) is 0.366. The van der Waals surface area contributed by atoms with Crippen molar-refractivity contribution < 1.29 is 18.0 Å². The molecule has 10 nitrogen and oxygen atoms in total. The van der Waals surface area contributed by atoms with E-state index in [0.29, 0.717) is 53.9 Å². The molecule has 1 saturated heterocycles. The highest BCUT2D eigenvalue weighted by Gasteiger charge is 2.36. The van der Waals surface area contributed by atoms with Gasteiger partial charge >= 0.3 is 17.9 Å². The van der Waals surface area contributed by atoms with Crippen LogP contribution in [0.15, 0.2) is 65.7 Å². The molecule has 0 spiro atoms. The minimum absolute atomic E-state index is 0.105. The zero-order chi connectivity index (χ0) is 30.5. The number of carbonyl (C=O) groups excluding carboxylic acids is 1. The van der Waals surface area contributed by atoms with E-state index in [1.54, 1.807) is 48.6 Å². The van der Waals surface area contributed by atoms with Crippen LogP contribution in [0.4, 0.5) is 29.5 Å². The largest absolute Gasteiger partial charge is 0.418 e. The van der Waals surface area contributed by atoms with Crippen molar-refractivity contribution in [1.29, 1.82) is 0 Å². The average molecular weight is 591 g/mol. The predicted octanol–water partition coefficient (Wildman–Crippen LogP) is 4.46. The number of aromatic nitrogens is 4. The first-order valence-corrected chi connectivity index (χ1v) is 13.7. The zero-order valence-corrected chi connectivity index (χ0v) is 23.7. The number of imidazole rings is 1. The number of nitrogens with one attached hydrogen (secondary N) is 2. The number of aryl methyl sites for hydroxylation is 1. The molecule has 0 radical (unpaired) electrons. The van der Waals surface area contributed by atoms with E-state index in [0.717, 1.165) is 17.2 Å². The number of benzene rings is 2. The fourth-order valence-corrected chi connectivity index (χ4v) is 5.45. The highest BCUT2D eigenvalue weighted by atomic mass is 19.4. The quantitative estimate of drug-likeness (QED) is 0.321. The summed E-state index contributed by atoms with van der Waals surface area (Å²) in [5.41, 5.74) is 1.95. The van der Waals surface area contributed by atoms with Crippen LogP contribution in [0.3, 0.4) is 0 Å². The SMILES string of the molecule is CNC(=O)Nc1ccc(-c2ccc3ncc4c(c3c2)n(-c2ccc(N3CCN(C)CC3)c(C(F)(F)F)c2)c(=O)n4C)cn1. The summed E-state index contributed by atoms with van der Waals surface area (Å²) < 4.78 is 46.0. The van der Waals surface area contributed by atoms with Gasteiger partial charge in [0.15, 0.2) is 0 Å². The molecular formula is C30H29F3N8O2. The minimum atomic E-state index is -4.62. The van der Waals surface area contributed by atoms with Crippen molar-refractivity contribution in [2.24, 2.45) is 7.05 Å². The number of amides is 2. The lowest BCUT2D eigenvalue weighted by atomic mass is 10.0. The summed E-state index contributed by atoms with van der Waals surface area (Å²) in [7, 11) is 5.02. The minimum Gasteiger partial charge on any atom is -0.368 e. The Morgan fingerprint density at radius 3 is 2.33 bits per heavy atom. The van der Waals surface area contributed by atoms with Crippen LogP contribution in [0.2, 0.25) is 0 Å². The van der Waals surface area contributed by atoms with Gasteiger partial charge in [-0.3, -0.25) is 19.4 Å². The molecule has 0 saturated carbocycles. The van der Waals surface area contributed by atoms with E-state index in [1.165, 1.54) is 22.2 Å². The van der Waals surface area contributed by atoms with E-state index < -0.39 is 23.5 Å². The highest BCUT2D eigenvalue weighted by Crippen LogP contribution is 2.39. The van der Waals surface area contributed by atoms with Gasteiger partial charge in [-0.15, -0.1) is 0 Å². The van der Waals surface area contributed by atoms with E-state index in [-0.39, 0.29) is 11.4 Å². The number of halogens is 3. The molecule has 13 heteroatoms. The maximum absolute atomic E-state index is 14.4. The highest BCUT2D eigenvalue weighted by molar-refractivity contribution is 6.04. The topological polar surface area (TPSA) is 100 Å². The lowest BCUT2D eigenvalue weighted by molar-refractivity contribution is -0.137. The molecule has 6 rings (SSSR count). The number of urea groups is 1. The molecule has 0 aliphatic carbocycles. The van der Waals surface area contributed by atoms with Gasteiger partial charge in [0.25, 0.3) is 0 Å². The standard InChI is InChI=1S/C30H29F3N8O2/c1-34-28(42)37-26-9-5-19(16-36-26)18-4-7-23-21(14-18)27-25(17-35-23)39(3)29(43)41(27)20-6-8-24(22(15-20)30(31,32)33)40-12-10-38(2)11-13-40/h4-9,14-17H,10-13H2,1-3H3,(H2,34,36,37,42). The van der Waals surface area contributed by atoms with Gasteiger partial charge in [-0.25, -0.2) is 14.6 Å². The number of alkyl halides is 3. The molecule has 0 atom stereocenters. The Hall–Kier alpha value is -4.91. The van der Waals surface area contributed by atoms with Crippen molar-refractivity contribution in [2.75, 3.05) is 50.5 Å². The maximum Gasteiger partial charge on any atom is 0.418 e. The molecule has 0 bridgehead atoms. The maximum atomic E-state index is 14.4. The molecule has 43 heavy (non-hydrogen) atoms. The summed E-state index contributed by atoms with van der Waals surface area (Å²) in [6.45, 7) is 2.27. The van der Waals surface area contributed by atoms with E-state index >= 15 is 0 Å². The summed E-state index contributed by atoms with van der Waals surface area (Å²) in [5, 5.41) is 5.66. The molecule has 1 aliphatic heterocycles. The Kier molecular flexibility index (Phi) is 7.04. The number of hydrogen-bond donors (Lipinski definition) is 2. The fourth-order valence-electron chi connectivity index (χ4n) is 5.45. The second-order valence-corrected chi connectivity index (χ2v) is 10.5. The van der Waals surface area contributed by atoms with Gasteiger partial charge < -0.3 is 15.1 Å². The van der Waals surface area contributed by atoms with Gasteiger partial charge in [0.05, 0.1) is 34.0 Å². The number of rotatable bonds is 4. The van der Waals surface area contributed by atoms with E-state index in [2.05, 4.69) is 25.5 Å². The van der Waals surface area contributed by atoms with E-state index in [9.17, 15) is 22.8 Å². The number of fused-ring (bicyclic) bond motifs is 3. The smallest absolute Gasteiger partial charge is 0.368 e. The zero-order valence-electron chi connectivity index (χ0n) is 23.7. The molecule has 5 aromatic rings. The molecule has 0 unspecified atom stereocenters. The Labute approximate surface area is 244 Å². The second-order valence-electron chi connectivity index (χ2n) is 10.5. The summed E-state index contributed by atoms with van der Waals surface area (Å²) in [4.78, 5) is 37.8. The number of pyridine rings is 2. The van der Waals surface area contributed by atoms with Crippen molar-refractivity contribution in [3.05, 3.63) is 77.0 Å². The molecule has 2 aromatic carbocycles. The van der Waals surface area contributed by atoms with Gasteiger partial charge in [0.1, 0.15) is 5.82 Å². The number of anilines is 2. The molecule has 2 N–H and O–H groups in total. The second kappa shape index (κ2) is 10.7.